The number of rotatable bonds is 6. The molecular formula is C23H19N3O3. The molecule has 6 heteroatoms. The van der Waals surface area contributed by atoms with E-state index in [4.69, 9.17) is 9.15 Å². The van der Waals surface area contributed by atoms with Crippen molar-refractivity contribution in [3.63, 3.8) is 0 Å². The molecule has 0 radical (unpaired) electrons. The van der Waals surface area contributed by atoms with Gasteiger partial charge in [-0.3, -0.25) is 10.1 Å². The Labute approximate surface area is 168 Å². The lowest BCUT2D eigenvalue weighted by Gasteiger charge is -2.06. The average molecular weight is 385 g/mol. The van der Waals surface area contributed by atoms with Crippen LogP contribution in [0.3, 0.4) is 0 Å². The van der Waals surface area contributed by atoms with Gasteiger partial charge in [0, 0.05) is 5.56 Å². The molecule has 0 aliphatic rings. The van der Waals surface area contributed by atoms with E-state index in [0.717, 1.165) is 11.3 Å². The van der Waals surface area contributed by atoms with Gasteiger partial charge in [-0.1, -0.05) is 53.1 Å². The Kier molecular flexibility index (Phi) is 5.33. The fourth-order valence-electron chi connectivity index (χ4n) is 2.72. The SMILES string of the molecule is Cc1ccc(Cc2nnc(NC(=O)c3ccc(Oc4ccccc4)cc3)o2)cc1. The Morgan fingerprint density at radius 2 is 1.59 bits per heavy atom. The van der Waals surface area contributed by atoms with Crippen LogP contribution in [0, 0.1) is 6.92 Å². The molecule has 144 valence electrons. The Bertz CT molecular complexity index is 1090. The highest BCUT2D eigenvalue weighted by molar-refractivity contribution is 6.03. The van der Waals surface area contributed by atoms with Crippen molar-refractivity contribution in [1.82, 2.24) is 10.2 Å². The van der Waals surface area contributed by atoms with Crippen molar-refractivity contribution >= 4 is 11.9 Å². The number of ether oxygens (including phenoxy) is 1. The van der Waals surface area contributed by atoms with Crippen LogP contribution >= 0.6 is 0 Å². The highest BCUT2D eigenvalue weighted by Gasteiger charge is 2.12. The van der Waals surface area contributed by atoms with Crippen LogP contribution in [0.1, 0.15) is 27.4 Å². The molecule has 0 spiro atoms. The van der Waals surface area contributed by atoms with E-state index >= 15 is 0 Å². The lowest BCUT2D eigenvalue weighted by atomic mass is 10.1. The molecule has 6 nitrogen and oxygen atoms in total. The molecule has 0 fully saturated rings. The van der Waals surface area contributed by atoms with E-state index in [1.165, 1.54) is 5.56 Å². The standard InChI is InChI=1S/C23H19N3O3/c1-16-7-9-17(10-8-16)15-21-25-26-23(29-21)24-22(27)18-11-13-20(14-12-18)28-19-5-3-2-4-6-19/h2-14H,15H2,1H3,(H,24,26,27). The van der Waals surface area contributed by atoms with Crippen molar-refractivity contribution < 1.29 is 13.9 Å². The first-order chi connectivity index (χ1) is 14.2. The van der Waals surface area contributed by atoms with Gasteiger partial charge in [0.2, 0.25) is 5.89 Å². The summed E-state index contributed by atoms with van der Waals surface area (Å²) in [5.74, 6) is 1.49. The number of aryl methyl sites for hydroxylation is 1. The number of aromatic nitrogens is 2. The first-order valence-corrected chi connectivity index (χ1v) is 9.18. The Balaban J connectivity index is 1.36. The number of para-hydroxylation sites is 1. The van der Waals surface area contributed by atoms with Crippen molar-refractivity contribution in [2.24, 2.45) is 0 Å². The quantitative estimate of drug-likeness (QED) is 0.505. The topological polar surface area (TPSA) is 77.2 Å². The van der Waals surface area contributed by atoms with Crippen LogP contribution in [0.25, 0.3) is 0 Å². The maximum absolute atomic E-state index is 12.4. The van der Waals surface area contributed by atoms with Gasteiger partial charge in [-0.2, -0.15) is 0 Å². The Morgan fingerprint density at radius 3 is 2.31 bits per heavy atom. The minimum Gasteiger partial charge on any atom is -0.457 e. The van der Waals surface area contributed by atoms with Crippen molar-refractivity contribution in [2.75, 3.05) is 5.32 Å². The molecule has 1 heterocycles. The summed E-state index contributed by atoms with van der Waals surface area (Å²) in [6.07, 6.45) is 0.509. The minimum atomic E-state index is -0.332. The minimum absolute atomic E-state index is 0.0710. The fourth-order valence-corrected chi connectivity index (χ4v) is 2.72. The summed E-state index contributed by atoms with van der Waals surface area (Å²) in [5, 5.41) is 10.5. The third-order valence-corrected chi connectivity index (χ3v) is 4.26. The van der Waals surface area contributed by atoms with Crippen LogP contribution in [-0.2, 0) is 6.42 Å². The number of carbonyl (C=O) groups is 1. The smallest absolute Gasteiger partial charge is 0.322 e. The number of nitrogens with one attached hydrogen (secondary N) is 1. The maximum atomic E-state index is 12.4. The number of nitrogens with zero attached hydrogens (tertiary/aromatic N) is 2. The van der Waals surface area contributed by atoms with Crippen LogP contribution < -0.4 is 10.1 Å². The molecule has 0 saturated carbocycles. The zero-order valence-electron chi connectivity index (χ0n) is 15.8. The van der Waals surface area contributed by atoms with E-state index < -0.39 is 0 Å². The summed E-state index contributed by atoms with van der Waals surface area (Å²) in [6.45, 7) is 2.03. The second-order valence-electron chi connectivity index (χ2n) is 6.56. The van der Waals surface area contributed by atoms with E-state index in [1.54, 1.807) is 24.3 Å². The first kappa shape index (κ1) is 18.4. The van der Waals surface area contributed by atoms with E-state index in [0.29, 0.717) is 23.6 Å². The van der Waals surface area contributed by atoms with Gasteiger partial charge in [0.1, 0.15) is 11.5 Å². The van der Waals surface area contributed by atoms with E-state index in [-0.39, 0.29) is 11.9 Å². The number of amides is 1. The third kappa shape index (κ3) is 4.87. The van der Waals surface area contributed by atoms with Crippen molar-refractivity contribution in [2.45, 2.75) is 13.3 Å². The predicted molar refractivity (Wildman–Crippen MR) is 109 cm³/mol. The van der Waals surface area contributed by atoms with Crippen molar-refractivity contribution in [3.8, 4) is 11.5 Å². The summed E-state index contributed by atoms with van der Waals surface area (Å²) < 4.78 is 11.3. The summed E-state index contributed by atoms with van der Waals surface area (Å²) in [7, 11) is 0. The molecule has 0 atom stereocenters. The van der Waals surface area contributed by atoms with Gasteiger partial charge in [-0.25, -0.2) is 0 Å². The molecule has 0 aliphatic carbocycles. The fraction of sp³-hybridized carbons (Fsp3) is 0.0870. The first-order valence-electron chi connectivity index (χ1n) is 9.18. The zero-order chi connectivity index (χ0) is 20.1. The summed E-state index contributed by atoms with van der Waals surface area (Å²) >= 11 is 0. The average Bonchev–Trinajstić information content (AvgIpc) is 3.18. The second-order valence-corrected chi connectivity index (χ2v) is 6.56. The predicted octanol–water partition coefficient (Wildman–Crippen LogP) is 5.01. The molecule has 0 unspecified atom stereocenters. The van der Waals surface area contributed by atoms with E-state index in [1.807, 2.05) is 61.5 Å². The van der Waals surface area contributed by atoms with E-state index in [9.17, 15) is 4.79 Å². The van der Waals surface area contributed by atoms with Crippen LogP contribution in [0.5, 0.6) is 11.5 Å². The van der Waals surface area contributed by atoms with Gasteiger partial charge in [0.15, 0.2) is 0 Å². The zero-order valence-corrected chi connectivity index (χ0v) is 15.8. The monoisotopic (exact) mass is 385 g/mol. The second kappa shape index (κ2) is 8.39. The Hall–Kier alpha value is -3.93. The molecular weight excluding hydrogens is 366 g/mol. The van der Waals surface area contributed by atoms with Gasteiger partial charge in [0.05, 0.1) is 6.42 Å². The molecule has 4 aromatic rings. The molecule has 4 rings (SSSR count). The Morgan fingerprint density at radius 1 is 0.897 bits per heavy atom. The molecule has 1 aromatic heterocycles. The number of hydrogen-bond donors (Lipinski definition) is 1. The lowest BCUT2D eigenvalue weighted by molar-refractivity contribution is 0.102. The lowest BCUT2D eigenvalue weighted by Crippen LogP contribution is -2.11. The third-order valence-electron chi connectivity index (χ3n) is 4.26. The van der Waals surface area contributed by atoms with Gasteiger partial charge >= 0.3 is 6.01 Å². The van der Waals surface area contributed by atoms with Crippen LogP contribution in [0.4, 0.5) is 6.01 Å². The normalized spacial score (nSPS) is 10.5. The summed E-state index contributed by atoms with van der Waals surface area (Å²) in [4.78, 5) is 12.4. The molecule has 0 aliphatic heterocycles. The van der Waals surface area contributed by atoms with Crippen molar-refractivity contribution in [1.29, 1.82) is 0 Å². The van der Waals surface area contributed by atoms with Gasteiger partial charge < -0.3 is 9.15 Å². The van der Waals surface area contributed by atoms with Crippen LogP contribution in [0.2, 0.25) is 0 Å². The van der Waals surface area contributed by atoms with Crippen LogP contribution in [-0.4, -0.2) is 16.1 Å². The summed E-state index contributed by atoms with van der Waals surface area (Å²) in [6, 6.07) is 24.4. The van der Waals surface area contributed by atoms with Gasteiger partial charge in [-0.15, -0.1) is 5.10 Å². The number of carbonyl (C=O) groups excluding carboxylic acids is 1. The molecule has 3 aromatic carbocycles. The molecule has 0 bridgehead atoms. The summed E-state index contributed by atoms with van der Waals surface area (Å²) in [5.41, 5.74) is 2.71. The molecule has 29 heavy (non-hydrogen) atoms. The molecule has 0 saturated heterocycles. The van der Waals surface area contributed by atoms with Gasteiger partial charge in [-0.05, 0) is 48.9 Å². The number of benzene rings is 3. The van der Waals surface area contributed by atoms with Crippen LogP contribution in [0.15, 0.2) is 83.3 Å². The molecule has 1 amide bonds. The largest absolute Gasteiger partial charge is 0.457 e. The molecule has 1 N–H and O–H groups in total. The highest BCUT2D eigenvalue weighted by atomic mass is 16.5. The highest BCUT2D eigenvalue weighted by Crippen LogP contribution is 2.21. The van der Waals surface area contributed by atoms with Gasteiger partial charge in [0.25, 0.3) is 5.91 Å². The van der Waals surface area contributed by atoms with Crippen molar-refractivity contribution in [3.05, 3.63) is 101 Å². The maximum Gasteiger partial charge on any atom is 0.322 e. The number of hydrogen-bond acceptors (Lipinski definition) is 5. The number of anilines is 1. The van der Waals surface area contributed by atoms with E-state index in [2.05, 4.69) is 15.5 Å².